The molecule has 1 atom stereocenters. The fourth-order valence-electron chi connectivity index (χ4n) is 4.47. The fourth-order valence-corrected chi connectivity index (χ4v) is 4.96. The van der Waals surface area contributed by atoms with Gasteiger partial charge in [-0.15, -0.1) is 0 Å². The Morgan fingerprint density at radius 1 is 0.800 bits per heavy atom. The summed E-state index contributed by atoms with van der Waals surface area (Å²) in [6, 6.07) is 0.422. The summed E-state index contributed by atoms with van der Waals surface area (Å²) in [7, 11) is -3.90. The van der Waals surface area contributed by atoms with Gasteiger partial charge in [0.05, 0.1) is 31.4 Å². The van der Waals surface area contributed by atoms with Crippen molar-refractivity contribution in [1.82, 2.24) is 0 Å². The van der Waals surface area contributed by atoms with E-state index in [-0.39, 0.29) is 5.75 Å². The summed E-state index contributed by atoms with van der Waals surface area (Å²) in [5.41, 5.74) is 0. The normalized spacial score (nSPS) is 13.3. The zero-order valence-corrected chi connectivity index (χ0v) is 20.8. The maximum Gasteiger partial charge on any atom is 0.265 e. The molecule has 0 bridgehead atoms. The molecule has 0 heterocycles. The van der Waals surface area contributed by atoms with E-state index in [1.54, 1.807) is 0 Å². The second-order valence-electron chi connectivity index (χ2n) is 9.05. The first-order valence-corrected chi connectivity index (χ1v) is 13.9. The number of quaternary nitrogens is 1. The summed E-state index contributed by atoms with van der Waals surface area (Å²) >= 11 is 0. The summed E-state index contributed by atoms with van der Waals surface area (Å²) < 4.78 is 32.1. The molecule has 30 heavy (non-hydrogen) atoms. The minimum atomic E-state index is -3.90. The molecule has 1 unspecified atom stereocenters. The molecule has 0 aromatic heterocycles. The van der Waals surface area contributed by atoms with E-state index in [1.807, 2.05) is 12.2 Å². The molecule has 0 rings (SSSR count). The van der Waals surface area contributed by atoms with Crippen molar-refractivity contribution < 1.29 is 17.5 Å². The third-order valence-corrected chi connectivity index (χ3v) is 7.21. The van der Waals surface area contributed by atoms with Gasteiger partial charge < -0.3 is 4.48 Å². The molecular formula is C25H50NO3S+. The van der Waals surface area contributed by atoms with Crippen molar-refractivity contribution in [2.75, 3.05) is 25.4 Å². The van der Waals surface area contributed by atoms with Crippen LogP contribution >= 0.6 is 0 Å². The van der Waals surface area contributed by atoms with Crippen LogP contribution in [0.2, 0.25) is 0 Å². The van der Waals surface area contributed by atoms with Crippen LogP contribution in [0, 0.1) is 0 Å². The first-order chi connectivity index (χ1) is 14.3. The molecule has 0 spiro atoms. The van der Waals surface area contributed by atoms with Gasteiger partial charge in [0.1, 0.15) is 0 Å². The van der Waals surface area contributed by atoms with E-state index in [9.17, 15) is 8.42 Å². The van der Waals surface area contributed by atoms with Crippen molar-refractivity contribution in [3.05, 3.63) is 25.3 Å². The van der Waals surface area contributed by atoms with Crippen molar-refractivity contribution in [3.8, 4) is 0 Å². The Kier molecular flexibility index (Phi) is 17.6. The van der Waals surface area contributed by atoms with Crippen LogP contribution in [0.1, 0.15) is 104 Å². The molecule has 0 saturated heterocycles. The highest BCUT2D eigenvalue weighted by Gasteiger charge is 2.31. The van der Waals surface area contributed by atoms with Gasteiger partial charge in [-0.25, -0.2) is 0 Å². The quantitative estimate of drug-likeness (QED) is 0.0852. The predicted molar refractivity (Wildman–Crippen MR) is 131 cm³/mol. The number of rotatable bonds is 22. The lowest BCUT2D eigenvalue weighted by molar-refractivity contribution is -0.939. The number of hydrogen-bond donors (Lipinski definition) is 1. The van der Waals surface area contributed by atoms with Crippen molar-refractivity contribution in [3.63, 3.8) is 0 Å². The van der Waals surface area contributed by atoms with Crippen molar-refractivity contribution >= 4 is 10.1 Å². The number of unbranched alkanes of at least 4 members (excludes halogenated alkanes) is 11. The van der Waals surface area contributed by atoms with Gasteiger partial charge in [0, 0.05) is 6.42 Å². The summed E-state index contributed by atoms with van der Waals surface area (Å²) in [5, 5.41) is 0. The monoisotopic (exact) mass is 444 g/mol. The SMILES string of the molecule is C=CC[N+](CC=C)(CCCS(=O)(=O)O)C(C)CCCCCCCCCCCCCC. The van der Waals surface area contributed by atoms with Crippen LogP contribution in [0.15, 0.2) is 25.3 Å². The van der Waals surface area contributed by atoms with Gasteiger partial charge in [-0.3, -0.25) is 4.55 Å². The second-order valence-corrected chi connectivity index (χ2v) is 10.6. The summed E-state index contributed by atoms with van der Waals surface area (Å²) in [4.78, 5) is 0. The van der Waals surface area contributed by atoms with Gasteiger partial charge in [-0.1, -0.05) is 90.7 Å². The van der Waals surface area contributed by atoms with Crippen molar-refractivity contribution in [1.29, 1.82) is 0 Å². The highest BCUT2D eigenvalue weighted by Crippen LogP contribution is 2.22. The van der Waals surface area contributed by atoms with Gasteiger partial charge in [0.15, 0.2) is 0 Å². The Morgan fingerprint density at radius 3 is 1.63 bits per heavy atom. The van der Waals surface area contributed by atoms with E-state index in [0.29, 0.717) is 12.5 Å². The van der Waals surface area contributed by atoms with Crippen LogP contribution in [0.25, 0.3) is 0 Å². The minimum absolute atomic E-state index is 0.174. The lowest BCUT2D eigenvalue weighted by atomic mass is 10.0. The zero-order chi connectivity index (χ0) is 22.7. The lowest BCUT2D eigenvalue weighted by Gasteiger charge is -2.42. The molecule has 1 N–H and O–H groups in total. The maximum absolute atomic E-state index is 11.1. The molecular weight excluding hydrogens is 394 g/mol. The van der Waals surface area contributed by atoms with Crippen LogP contribution in [-0.2, 0) is 10.1 Å². The van der Waals surface area contributed by atoms with Crippen LogP contribution in [-0.4, -0.2) is 48.9 Å². The molecule has 4 nitrogen and oxygen atoms in total. The van der Waals surface area contributed by atoms with Gasteiger partial charge in [-0.2, -0.15) is 8.42 Å². The van der Waals surface area contributed by atoms with Crippen LogP contribution in [0.5, 0.6) is 0 Å². The Morgan fingerprint density at radius 2 is 1.23 bits per heavy atom. The summed E-state index contributed by atoms with van der Waals surface area (Å²) in [6.45, 7) is 14.7. The number of nitrogens with zero attached hydrogens (tertiary/aromatic N) is 1. The lowest BCUT2D eigenvalue weighted by Crippen LogP contribution is -2.55. The largest absolute Gasteiger partial charge is 0.315 e. The third kappa shape index (κ3) is 15.2. The van der Waals surface area contributed by atoms with Gasteiger partial charge in [0.2, 0.25) is 0 Å². The second kappa shape index (κ2) is 18.0. The van der Waals surface area contributed by atoms with Crippen LogP contribution in [0.4, 0.5) is 0 Å². The Bertz CT molecular complexity index is 521. The first kappa shape index (κ1) is 29.4. The summed E-state index contributed by atoms with van der Waals surface area (Å²) in [5.74, 6) is -0.174. The third-order valence-electron chi connectivity index (χ3n) is 6.40. The molecule has 5 heteroatoms. The molecule has 0 aromatic carbocycles. The van der Waals surface area contributed by atoms with E-state index in [1.165, 1.54) is 77.0 Å². The predicted octanol–water partition coefficient (Wildman–Crippen LogP) is 6.93. The average molecular weight is 445 g/mol. The van der Waals surface area contributed by atoms with E-state index in [2.05, 4.69) is 27.0 Å². The fraction of sp³-hybridized carbons (Fsp3) is 0.840. The molecule has 0 fully saturated rings. The highest BCUT2D eigenvalue weighted by atomic mass is 32.2. The van der Waals surface area contributed by atoms with Gasteiger partial charge in [-0.05, 0) is 31.9 Å². The molecule has 0 radical (unpaired) electrons. The minimum Gasteiger partial charge on any atom is -0.315 e. The number of hydrogen-bond acceptors (Lipinski definition) is 2. The molecule has 178 valence electrons. The Balaban J connectivity index is 4.16. The zero-order valence-electron chi connectivity index (χ0n) is 20.0. The molecule has 0 aliphatic heterocycles. The highest BCUT2D eigenvalue weighted by molar-refractivity contribution is 7.85. The molecule has 0 saturated carbocycles. The van der Waals surface area contributed by atoms with E-state index in [4.69, 9.17) is 4.55 Å². The standard InChI is InChI=1S/C25H49NO3S/c1-5-8-9-10-11-12-13-14-15-16-17-18-20-25(4)26(21-6-2,22-7-3)23-19-24-30(27,28)29/h6-7,25H,2-3,5,8-24H2,1,4H3/p+1. The van der Waals surface area contributed by atoms with Gasteiger partial charge in [0.25, 0.3) is 10.1 Å². The Hall–Kier alpha value is -0.650. The van der Waals surface area contributed by atoms with Crippen molar-refractivity contribution in [2.24, 2.45) is 0 Å². The van der Waals surface area contributed by atoms with E-state index in [0.717, 1.165) is 30.5 Å². The maximum atomic E-state index is 11.1. The molecule has 0 amide bonds. The van der Waals surface area contributed by atoms with Crippen molar-refractivity contribution in [2.45, 2.75) is 110 Å². The molecule has 0 aliphatic rings. The smallest absolute Gasteiger partial charge is 0.265 e. The van der Waals surface area contributed by atoms with Gasteiger partial charge >= 0.3 is 0 Å². The Labute approximate surface area is 188 Å². The molecule has 0 aliphatic carbocycles. The first-order valence-electron chi connectivity index (χ1n) is 12.3. The van der Waals surface area contributed by atoms with E-state index < -0.39 is 10.1 Å². The van der Waals surface area contributed by atoms with E-state index >= 15 is 0 Å². The van der Waals surface area contributed by atoms with Crippen LogP contribution < -0.4 is 0 Å². The summed E-state index contributed by atoms with van der Waals surface area (Å²) in [6.07, 6.45) is 21.7. The average Bonchev–Trinajstić information content (AvgIpc) is 2.68. The molecule has 0 aromatic rings. The topological polar surface area (TPSA) is 54.4 Å². The van der Waals surface area contributed by atoms with Crippen LogP contribution in [0.3, 0.4) is 0 Å².